The van der Waals surface area contributed by atoms with Gasteiger partial charge < -0.3 is 29.0 Å². The molecule has 2 fully saturated rings. The number of anilines is 1. The Labute approximate surface area is 254 Å². The molecule has 2 aromatic rings. The lowest BCUT2D eigenvalue weighted by Crippen LogP contribution is -2.37. The summed E-state index contributed by atoms with van der Waals surface area (Å²) in [5.41, 5.74) is 1.81. The van der Waals surface area contributed by atoms with Gasteiger partial charge in [-0.05, 0) is 30.3 Å². The van der Waals surface area contributed by atoms with Crippen LogP contribution < -0.4 is 19.5 Å². The number of methoxy groups -OCH3 is 2. The summed E-state index contributed by atoms with van der Waals surface area (Å²) in [6.45, 7) is 12.0. The summed E-state index contributed by atoms with van der Waals surface area (Å²) >= 11 is 0. The summed E-state index contributed by atoms with van der Waals surface area (Å²) in [6.07, 6.45) is 0.962. The average molecular weight is 600 g/mol. The molecular weight excluding hydrogens is 554 g/mol. The summed E-state index contributed by atoms with van der Waals surface area (Å²) in [4.78, 5) is 40.3. The number of ketones is 2. The van der Waals surface area contributed by atoms with Crippen molar-refractivity contribution >= 4 is 23.2 Å². The van der Waals surface area contributed by atoms with E-state index in [1.165, 1.54) is 0 Å². The Morgan fingerprint density at radius 1 is 0.767 bits per heavy atom. The maximum absolute atomic E-state index is 12.3. The molecule has 0 bridgehead atoms. The number of carbonyl (C=O) groups excluding carboxylic acids is 3. The van der Waals surface area contributed by atoms with Gasteiger partial charge in [0.05, 0.1) is 46.3 Å². The minimum absolute atomic E-state index is 0.0251. The fourth-order valence-corrected chi connectivity index (χ4v) is 4.68. The normalized spacial score (nSPS) is 16.6. The van der Waals surface area contributed by atoms with Gasteiger partial charge in [0.25, 0.3) is 5.91 Å². The van der Waals surface area contributed by atoms with Gasteiger partial charge in [0.1, 0.15) is 17.2 Å². The second-order valence-corrected chi connectivity index (χ2v) is 9.90. The number of benzene rings is 2. The molecule has 1 N–H and O–H groups in total. The van der Waals surface area contributed by atoms with Crippen molar-refractivity contribution in [3.63, 3.8) is 0 Å². The van der Waals surface area contributed by atoms with E-state index in [9.17, 15) is 14.4 Å². The zero-order valence-corrected chi connectivity index (χ0v) is 25.8. The van der Waals surface area contributed by atoms with Crippen LogP contribution in [0.3, 0.4) is 0 Å². The van der Waals surface area contributed by atoms with Crippen molar-refractivity contribution in [3.8, 4) is 17.2 Å². The molecule has 2 saturated heterocycles. The Balaban J connectivity index is 0.000000223. The quantitative estimate of drug-likeness (QED) is 0.407. The van der Waals surface area contributed by atoms with Gasteiger partial charge >= 0.3 is 0 Å². The van der Waals surface area contributed by atoms with Crippen LogP contribution in [0.1, 0.15) is 47.4 Å². The number of nitrogens with one attached hydrogen (secondary N) is 1. The number of morpholine rings is 2. The Hall–Kier alpha value is -3.51. The summed E-state index contributed by atoms with van der Waals surface area (Å²) in [5.74, 6) is 1.87. The van der Waals surface area contributed by atoms with Crippen LogP contribution in [0.4, 0.5) is 5.69 Å². The second kappa shape index (κ2) is 18.2. The Kier molecular flexibility index (Phi) is 14.4. The van der Waals surface area contributed by atoms with E-state index in [-0.39, 0.29) is 24.1 Å². The molecule has 0 spiro atoms. The first-order valence-electron chi connectivity index (χ1n) is 14.9. The van der Waals surface area contributed by atoms with Gasteiger partial charge in [-0.3, -0.25) is 24.2 Å². The summed E-state index contributed by atoms with van der Waals surface area (Å²) in [5, 5.41) is 2.72. The largest absolute Gasteiger partial charge is 0.497 e. The lowest BCUT2D eigenvalue weighted by molar-refractivity contribution is -0.118. The average Bonchev–Trinajstić information content (AvgIpc) is 3.07. The van der Waals surface area contributed by atoms with Crippen molar-refractivity contribution in [1.82, 2.24) is 9.80 Å². The van der Waals surface area contributed by atoms with Crippen molar-refractivity contribution in [3.05, 3.63) is 47.5 Å². The molecule has 0 aromatic heterocycles. The SMILES string of the molecule is CC.COc1cc(OC)cc(C(=O)CCN2CCOCC2)c1.O=C1COc2ccc(C(=O)CCN3CCOCC3)cc2N1. The van der Waals surface area contributed by atoms with Gasteiger partial charge in [-0.1, -0.05) is 13.8 Å². The fourth-order valence-electron chi connectivity index (χ4n) is 4.68. The molecule has 5 rings (SSSR count). The molecule has 11 nitrogen and oxygen atoms in total. The van der Waals surface area contributed by atoms with E-state index in [0.717, 1.165) is 65.7 Å². The van der Waals surface area contributed by atoms with Crippen molar-refractivity contribution < 1.29 is 38.1 Å². The van der Waals surface area contributed by atoms with E-state index in [0.29, 0.717) is 46.9 Å². The molecule has 2 aromatic carbocycles. The first-order chi connectivity index (χ1) is 20.9. The van der Waals surface area contributed by atoms with Crippen LogP contribution >= 0.6 is 0 Å². The van der Waals surface area contributed by atoms with E-state index in [1.54, 1.807) is 50.6 Å². The highest BCUT2D eigenvalue weighted by atomic mass is 16.5. The van der Waals surface area contributed by atoms with Crippen LogP contribution in [-0.4, -0.2) is 114 Å². The van der Waals surface area contributed by atoms with Gasteiger partial charge in [0.15, 0.2) is 18.2 Å². The number of amides is 1. The van der Waals surface area contributed by atoms with Crippen molar-refractivity contribution in [2.45, 2.75) is 26.7 Å². The van der Waals surface area contributed by atoms with Crippen LogP contribution in [0.2, 0.25) is 0 Å². The molecule has 1 amide bonds. The smallest absolute Gasteiger partial charge is 0.262 e. The van der Waals surface area contributed by atoms with Gasteiger partial charge in [-0.15, -0.1) is 0 Å². The van der Waals surface area contributed by atoms with Gasteiger partial charge in [0.2, 0.25) is 0 Å². The zero-order valence-electron chi connectivity index (χ0n) is 25.8. The highest BCUT2D eigenvalue weighted by molar-refractivity contribution is 6.00. The third-order valence-corrected chi connectivity index (χ3v) is 7.13. The van der Waals surface area contributed by atoms with Crippen LogP contribution in [0.25, 0.3) is 0 Å². The molecule has 43 heavy (non-hydrogen) atoms. The Morgan fingerprint density at radius 3 is 1.79 bits per heavy atom. The van der Waals surface area contributed by atoms with E-state index in [1.807, 2.05) is 13.8 Å². The molecule has 0 saturated carbocycles. The summed E-state index contributed by atoms with van der Waals surface area (Å²) in [7, 11) is 3.16. The van der Waals surface area contributed by atoms with Crippen LogP contribution in [0, 0.1) is 0 Å². The molecule has 236 valence electrons. The minimum Gasteiger partial charge on any atom is -0.497 e. The number of carbonyl (C=O) groups is 3. The molecular formula is C32H45N3O8. The molecule has 3 aliphatic rings. The minimum atomic E-state index is -0.194. The number of rotatable bonds is 10. The summed E-state index contributed by atoms with van der Waals surface area (Å²) < 4.78 is 26.2. The highest BCUT2D eigenvalue weighted by Crippen LogP contribution is 2.29. The lowest BCUT2D eigenvalue weighted by Gasteiger charge is -2.26. The van der Waals surface area contributed by atoms with Gasteiger partial charge in [-0.25, -0.2) is 0 Å². The fraction of sp³-hybridized carbons (Fsp3) is 0.531. The first-order valence-corrected chi connectivity index (χ1v) is 14.9. The number of nitrogens with zero attached hydrogens (tertiary/aromatic N) is 2. The number of hydrogen-bond donors (Lipinski definition) is 1. The Morgan fingerprint density at radius 2 is 1.28 bits per heavy atom. The van der Waals surface area contributed by atoms with Crippen LogP contribution in [0.5, 0.6) is 17.2 Å². The van der Waals surface area contributed by atoms with Gasteiger partial charge in [0, 0.05) is 69.3 Å². The zero-order chi connectivity index (χ0) is 31.0. The highest BCUT2D eigenvalue weighted by Gasteiger charge is 2.19. The molecule has 0 radical (unpaired) electrons. The van der Waals surface area contributed by atoms with Crippen molar-refractivity contribution in [1.29, 1.82) is 0 Å². The van der Waals surface area contributed by atoms with Crippen molar-refractivity contribution in [2.75, 3.05) is 91.8 Å². The van der Waals surface area contributed by atoms with Crippen LogP contribution in [0.15, 0.2) is 36.4 Å². The summed E-state index contributed by atoms with van der Waals surface area (Å²) in [6, 6.07) is 10.4. The number of Topliss-reactive ketones (excluding diaryl/α,β-unsaturated/α-hetero) is 2. The topological polar surface area (TPSA) is 116 Å². The molecule has 0 aliphatic carbocycles. The number of fused-ring (bicyclic) bond motifs is 1. The predicted molar refractivity (Wildman–Crippen MR) is 164 cm³/mol. The maximum atomic E-state index is 12.3. The van der Waals surface area contributed by atoms with Gasteiger partial charge in [-0.2, -0.15) is 0 Å². The predicted octanol–water partition coefficient (Wildman–Crippen LogP) is 3.56. The molecule has 11 heteroatoms. The monoisotopic (exact) mass is 599 g/mol. The van der Waals surface area contributed by atoms with Crippen LogP contribution in [-0.2, 0) is 14.3 Å². The van der Waals surface area contributed by atoms with E-state index < -0.39 is 0 Å². The number of ether oxygens (including phenoxy) is 5. The maximum Gasteiger partial charge on any atom is 0.262 e. The third-order valence-electron chi connectivity index (χ3n) is 7.13. The molecule has 0 atom stereocenters. The first kappa shape index (κ1) is 34.0. The Bertz CT molecular complexity index is 1170. The molecule has 3 heterocycles. The van der Waals surface area contributed by atoms with E-state index in [4.69, 9.17) is 23.7 Å². The standard InChI is InChI=1S/C15H18N2O4.C15H21NO4.C2H6/c18-13(3-4-17-5-7-20-8-6-17)11-1-2-14-12(9-11)16-15(19)10-21-14;1-18-13-9-12(10-14(11-13)19-2)15(17)3-4-16-5-7-20-8-6-16;1-2/h1-2,9H,3-8,10H2,(H,16,19);9-11H,3-8H2,1-2H3;1-2H3. The number of hydrogen-bond acceptors (Lipinski definition) is 10. The molecule has 3 aliphatic heterocycles. The third kappa shape index (κ3) is 10.9. The van der Waals surface area contributed by atoms with E-state index >= 15 is 0 Å². The lowest BCUT2D eigenvalue weighted by atomic mass is 10.1. The van der Waals surface area contributed by atoms with Crippen molar-refractivity contribution in [2.24, 2.45) is 0 Å². The second-order valence-electron chi connectivity index (χ2n) is 9.90. The molecule has 0 unspecified atom stereocenters. The van der Waals surface area contributed by atoms with E-state index in [2.05, 4.69) is 15.1 Å².